The first-order valence-electron chi connectivity index (χ1n) is 9.91. The average Bonchev–Trinajstić information content (AvgIpc) is 3.22. The fourth-order valence-electron chi connectivity index (χ4n) is 3.19. The number of thioether (sulfide) groups is 1. The van der Waals surface area contributed by atoms with Gasteiger partial charge in [-0.2, -0.15) is 0 Å². The molecule has 0 aliphatic carbocycles. The highest BCUT2D eigenvalue weighted by Gasteiger charge is 2.11. The molecule has 0 aliphatic heterocycles. The molecule has 0 saturated heterocycles. The van der Waals surface area contributed by atoms with E-state index in [1.165, 1.54) is 47.4 Å². The number of nitrogens with zero attached hydrogens (tertiary/aromatic N) is 1. The summed E-state index contributed by atoms with van der Waals surface area (Å²) < 4.78 is 12.9. The molecular formula is C24H20FN3O2S2. The number of fused-ring (bicyclic) bond motifs is 1. The zero-order valence-corrected chi connectivity index (χ0v) is 18.6. The molecule has 3 aromatic carbocycles. The molecule has 0 atom stereocenters. The van der Waals surface area contributed by atoms with E-state index in [0.717, 1.165) is 22.0 Å². The van der Waals surface area contributed by atoms with Crippen molar-refractivity contribution < 1.29 is 14.0 Å². The zero-order chi connectivity index (χ0) is 22.3. The van der Waals surface area contributed by atoms with Crippen molar-refractivity contribution in [2.24, 2.45) is 0 Å². The minimum atomic E-state index is -0.346. The third-order valence-corrected chi connectivity index (χ3v) is 6.41. The number of hydrogen-bond acceptors (Lipinski definition) is 5. The molecule has 2 amide bonds. The number of thiazole rings is 1. The lowest BCUT2D eigenvalue weighted by atomic mass is 10.0. The second-order valence-corrected chi connectivity index (χ2v) is 8.90. The summed E-state index contributed by atoms with van der Waals surface area (Å²) in [4.78, 5) is 28.9. The molecule has 4 rings (SSSR count). The van der Waals surface area contributed by atoms with Crippen molar-refractivity contribution in [3.05, 3.63) is 89.2 Å². The minimum Gasteiger partial charge on any atom is -0.325 e. The standard InChI is InChI=1S/C24H20FN3O2S2/c25-18-8-10-19(11-9-18)26-23(30)15-31-13-20-14-32-24(27-20)28-22(29)12-17-6-3-5-16-4-1-2-7-21(16)17/h1-11,14H,12-13,15H2,(H,26,30)(H,27,28,29). The van der Waals surface area contributed by atoms with Crippen molar-refractivity contribution in [3.63, 3.8) is 0 Å². The Morgan fingerprint density at radius 2 is 1.72 bits per heavy atom. The van der Waals surface area contributed by atoms with Crippen LogP contribution >= 0.6 is 23.1 Å². The normalized spacial score (nSPS) is 10.8. The van der Waals surface area contributed by atoms with Crippen molar-refractivity contribution >= 4 is 56.5 Å². The van der Waals surface area contributed by atoms with Crippen LogP contribution in [-0.4, -0.2) is 22.6 Å². The summed E-state index contributed by atoms with van der Waals surface area (Å²) >= 11 is 2.78. The van der Waals surface area contributed by atoms with Gasteiger partial charge in [-0.05, 0) is 40.6 Å². The van der Waals surface area contributed by atoms with Crippen LogP contribution in [0.1, 0.15) is 11.3 Å². The summed E-state index contributed by atoms with van der Waals surface area (Å²) in [5, 5.41) is 10.2. The van der Waals surface area contributed by atoms with Crippen LogP contribution in [0.4, 0.5) is 15.2 Å². The second-order valence-electron chi connectivity index (χ2n) is 7.06. The second kappa shape index (κ2) is 10.4. The van der Waals surface area contributed by atoms with E-state index in [9.17, 15) is 14.0 Å². The molecule has 162 valence electrons. The molecule has 0 fully saturated rings. The number of carbonyl (C=O) groups is 2. The van der Waals surface area contributed by atoms with Crippen molar-refractivity contribution in [3.8, 4) is 0 Å². The number of amides is 2. The number of hydrogen-bond donors (Lipinski definition) is 2. The van der Waals surface area contributed by atoms with E-state index in [0.29, 0.717) is 16.6 Å². The van der Waals surface area contributed by atoms with Crippen LogP contribution in [0.5, 0.6) is 0 Å². The maximum atomic E-state index is 12.9. The third kappa shape index (κ3) is 5.93. The molecule has 8 heteroatoms. The molecule has 2 N–H and O–H groups in total. The van der Waals surface area contributed by atoms with Gasteiger partial charge in [0, 0.05) is 16.8 Å². The molecule has 1 aromatic heterocycles. The fourth-order valence-corrected chi connectivity index (χ4v) is 4.74. The van der Waals surface area contributed by atoms with E-state index in [1.807, 2.05) is 47.8 Å². The van der Waals surface area contributed by atoms with Gasteiger partial charge in [0.1, 0.15) is 5.82 Å². The lowest BCUT2D eigenvalue weighted by molar-refractivity contribution is -0.115. The van der Waals surface area contributed by atoms with Gasteiger partial charge in [0.25, 0.3) is 0 Å². The van der Waals surface area contributed by atoms with E-state index >= 15 is 0 Å². The van der Waals surface area contributed by atoms with E-state index < -0.39 is 0 Å². The number of carbonyl (C=O) groups excluding carboxylic acids is 2. The number of nitrogens with one attached hydrogen (secondary N) is 2. The maximum Gasteiger partial charge on any atom is 0.234 e. The van der Waals surface area contributed by atoms with Gasteiger partial charge in [-0.25, -0.2) is 9.37 Å². The van der Waals surface area contributed by atoms with E-state index in [-0.39, 0.29) is 29.8 Å². The van der Waals surface area contributed by atoms with Gasteiger partial charge >= 0.3 is 0 Å². The van der Waals surface area contributed by atoms with Gasteiger partial charge in [0.05, 0.1) is 17.9 Å². The largest absolute Gasteiger partial charge is 0.325 e. The molecule has 0 unspecified atom stereocenters. The van der Waals surface area contributed by atoms with Crippen molar-refractivity contribution in [2.45, 2.75) is 12.2 Å². The Bertz CT molecular complexity index is 1240. The Kier molecular flexibility index (Phi) is 7.14. The molecule has 0 radical (unpaired) electrons. The maximum absolute atomic E-state index is 12.9. The van der Waals surface area contributed by atoms with Crippen molar-refractivity contribution in [2.75, 3.05) is 16.4 Å². The van der Waals surface area contributed by atoms with Gasteiger partial charge in [-0.3, -0.25) is 9.59 Å². The molecule has 0 saturated carbocycles. The summed E-state index contributed by atoms with van der Waals surface area (Å²) in [6.07, 6.45) is 0.272. The van der Waals surface area contributed by atoms with Crippen LogP contribution in [0.15, 0.2) is 72.1 Å². The monoisotopic (exact) mass is 465 g/mol. The van der Waals surface area contributed by atoms with Crippen LogP contribution in [-0.2, 0) is 21.8 Å². The van der Waals surface area contributed by atoms with Crippen LogP contribution in [0.25, 0.3) is 10.8 Å². The molecule has 0 spiro atoms. The van der Waals surface area contributed by atoms with Gasteiger partial charge in [0.2, 0.25) is 11.8 Å². The molecule has 0 bridgehead atoms. The molecule has 5 nitrogen and oxygen atoms in total. The minimum absolute atomic E-state index is 0.117. The summed E-state index contributed by atoms with van der Waals surface area (Å²) in [6, 6.07) is 19.6. The molecule has 32 heavy (non-hydrogen) atoms. The highest BCUT2D eigenvalue weighted by atomic mass is 32.2. The number of aromatic nitrogens is 1. The van der Waals surface area contributed by atoms with Crippen molar-refractivity contribution in [1.29, 1.82) is 0 Å². The Balaban J connectivity index is 1.25. The lowest BCUT2D eigenvalue weighted by Crippen LogP contribution is -2.14. The van der Waals surface area contributed by atoms with Crippen LogP contribution < -0.4 is 10.6 Å². The first kappa shape index (κ1) is 22.0. The Morgan fingerprint density at radius 1 is 0.938 bits per heavy atom. The van der Waals surface area contributed by atoms with E-state index in [1.54, 1.807) is 0 Å². The van der Waals surface area contributed by atoms with Crippen molar-refractivity contribution in [1.82, 2.24) is 4.98 Å². The van der Waals surface area contributed by atoms with Gasteiger partial charge < -0.3 is 10.6 Å². The first-order valence-corrected chi connectivity index (χ1v) is 11.9. The Labute approximate surface area is 193 Å². The summed E-state index contributed by atoms with van der Waals surface area (Å²) in [5.74, 6) is 0.166. The SMILES string of the molecule is O=C(CSCc1csc(NC(=O)Cc2cccc3ccccc23)n1)Nc1ccc(F)cc1. The summed E-state index contributed by atoms with van der Waals surface area (Å²) in [5.41, 5.74) is 2.33. The first-order chi connectivity index (χ1) is 15.6. The van der Waals surface area contributed by atoms with Gasteiger partial charge in [-0.1, -0.05) is 42.5 Å². The van der Waals surface area contributed by atoms with Crippen LogP contribution in [0.3, 0.4) is 0 Å². The topological polar surface area (TPSA) is 71.1 Å². The Morgan fingerprint density at radius 3 is 2.56 bits per heavy atom. The number of rotatable bonds is 8. The molecule has 0 aliphatic rings. The van der Waals surface area contributed by atoms with Gasteiger partial charge in [0.15, 0.2) is 5.13 Å². The van der Waals surface area contributed by atoms with Gasteiger partial charge in [-0.15, -0.1) is 23.1 Å². The van der Waals surface area contributed by atoms with Crippen LogP contribution in [0.2, 0.25) is 0 Å². The average molecular weight is 466 g/mol. The van der Waals surface area contributed by atoms with Crippen LogP contribution in [0, 0.1) is 5.82 Å². The number of benzene rings is 3. The van der Waals surface area contributed by atoms with E-state index in [2.05, 4.69) is 15.6 Å². The quantitative estimate of drug-likeness (QED) is 0.361. The summed E-state index contributed by atoms with van der Waals surface area (Å²) in [7, 11) is 0. The number of anilines is 2. The molecular weight excluding hydrogens is 445 g/mol. The Hall–Kier alpha value is -3.23. The third-order valence-electron chi connectivity index (χ3n) is 4.64. The highest BCUT2D eigenvalue weighted by molar-refractivity contribution is 7.99. The van der Waals surface area contributed by atoms with E-state index in [4.69, 9.17) is 0 Å². The lowest BCUT2D eigenvalue weighted by Gasteiger charge is -2.06. The fraction of sp³-hybridized carbons (Fsp3) is 0.125. The molecule has 4 aromatic rings. The predicted octanol–water partition coefficient (Wildman–Crippen LogP) is 5.49. The zero-order valence-electron chi connectivity index (χ0n) is 17.0. The molecule has 1 heterocycles. The highest BCUT2D eigenvalue weighted by Crippen LogP contribution is 2.22. The summed E-state index contributed by atoms with van der Waals surface area (Å²) in [6.45, 7) is 0. The predicted molar refractivity (Wildman–Crippen MR) is 130 cm³/mol. The smallest absolute Gasteiger partial charge is 0.234 e. The number of halogens is 1.